The fraction of sp³-hybridized carbons (Fsp3) is 0.630. The van der Waals surface area contributed by atoms with Gasteiger partial charge in [-0.2, -0.15) is 0 Å². The normalized spacial score (nSPS) is 13.1. The van der Waals surface area contributed by atoms with Crippen LogP contribution in [0.25, 0.3) is 0 Å². The van der Waals surface area contributed by atoms with Crippen molar-refractivity contribution in [3.63, 3.8) is 0 Å². The van der Waals surface area contributed by atoms with Crippen LogP contribution in [-0.4, -0.2) is 37.2 Å². The quantitative estimate of drug-likeness (QED) is 0.0261. The van der Waals surface area contributed by atoms with Gasteiger partial charge in [0, 0.05) is 19.3 Å². The average Bonchev–Trinajstić information content (AvgIpc) is 3.45. The molecule has 6 heteroatoms. The predicted octanol–water partition coefficient (Wildman–Crippen LogP) is 22.3. The Balaban J connectivity index is 4.52. The van der Waals surface area contributed by atoms with Crippen LogP contribution in [0.5, 0.6) is 0 Å². The molecule has 0 spiro atoms. The van der Waals surface area contributed by atoms with Crippen LogP contribution >= 0.6 is 0 Å². The van der Waals surface area contributed by atoms with E-state index < -0.39 is 6.10 Å². The minimum atomic E-state index is -0.810. The van der Waals surface area contributed by atoms with Gasteiger partial charge < -0.3 is 14.2 Å². The molecule has 0 aromatic carbocycles. The van der Waals surface area contributed by atoms with Crippen LogP contribution in [0.1, 0.15) is 278 Å². The molecule has 0 heterocycles. The summed E-state index contributed by atoms with van der Waals surface area (Å²) in [7, 11) is 0. The van der Waals surface area contributed by atoms with Gasteiger partial charge in [-0.15, -0.1) is 0 Å². The first-order valence-electron chi connectivity index (χ1n) is 32.3. The van der Waals surface area contributed by atoms with Crippen LogP contribution in [0.3, 0.4) is 0 Å². The highest BCUT2D eigenvalue weighted by Crippen LogP contribution is 2.14. The predicted molar refractivity (Wildman–Crippen MR) is 343 cm³/mol. The van der Waals surface area contributed by atoms with Gasteiger partial charge in [-0.25, -0.2) is 0 Å². The Morgan fingerprint density at radius 2 is 0.494 bits per heavy atom. The van der Waals surface area contributed by atoms with Crippen LogP contribution in [0, 0.1) is 0 Å². The minimum Gasteiger partial charge on any atom is -0.462 e. The third-order valence-corrected chi connectivity index (χ3v) is 13.3. The molecule has 0 rings (SSSR count). The third kappa shape index (κ3) is 64.0. The van der Waals surface area contributed by atoms with Crippen molar-refractivity contribution in [2.24, 2.45) is 0 Å². The maximum absolute atomic E-state index is 12.9. The molecular weight excluding hydrogens is 973 g/mol. The van der Waals surface area contributed by atoms with Crippen LogP contribution in [-0.2, 0) is 28.6 Å². The van der Waals surface area contributed by atoms with E-state index >= 15 is 0 Å². The summed E-state index contributed by atoms with van der Waals surface area (Å²) in [6.07, 6.45) is 94.1. The molecular formula is C73H118O6. The number of carbonyl (C=O) groups excluding carboxylic acids is 3. The summed E-state index contributed by atoms with van der Waals surface area (Å²) in [5.74, 6) is -0.953. The van der Waals surface area contributed by atoms with Crippen molar-refractivity contribution >= 4 is 17.9 Å². The number of esters is 3. The first kappa shape index (κ1) is 74.3. The summed E-state index contributed by atoms with van der Waals surface area (Å²) in [5.41, 5.74) is 0. The lowest BCUT2D eigenvalue weighted by Gasteiger charge is -2.18. The molecule has 0 aliphatic heterocycles. The van der Waals surface area contributed by atoms with Crippen LogP contribution in [0.2, 0.25) is 0 Å². The summed E-state index contributed by atoms with van der Waals surface area (Å²) in [6, 6.07) is 0. The lowest BCUT2D eigenvalue weighted by atomic mass is 10.1. The van der Waals surface area contributed by atoms with Gasteiger partial charge in [0.05, 0.1) is 0 Å². The molecule has 1 atom stereocenters. The van der Waals surface area contributed by atoms with Crippen LogP contribution < -0.4 is 0 Å². The zero-order valence-electron chi connectivity index (χ0n) is 51.1. The van der Waals surface area contributed by atoms with Gasteiger partial charge in [0.25, 0.3) is 0 Å². The van der Waals surface area contributed by atoms with E-state index in [-0.39, 0.29) is 31.1 Å². The Labute approximate surface area is 487 Å². The van der Waals surface area contributed by atoms with Gasteiger partial charge in [-0.05, 0) is 148 Å². The topological polar surface area (TPSA) is 78.9 Å². The summed E-state index contributed by atoms with van der Waals surface area (Å²) in [5, 5.41) is 0. The first-order valence-corrected chi connectivity index (χ1v) is 32.3. The second kappa shape index (κ2) is 65.8. The summed E-state index contributed by atoms with van der Waals surface area (Å²) >= 11 is 0. The largest absolute Gasteiger partial charge is 0.462 e. The molecule has 0 fully saturated rings. The number of carbonyl (C=O) groups is 3. The monoisotopic (exact) mass is 1090 g/mol. The lowest BCUT2D eigenvalue weighted by molar-refractivity contribution is -0.167. The Kier molecular flexibility index (Phi) is 61.9. The molecule has 0 N–H and O–H groups in total. The van der Waals surface area contributed by atoms with Crippen LogP contribution in [0.4, 0.5) is 0 Å². The van der Waals surface area contributed by atoms with E-state index in [1.165, 1.54) is 77.0 Å². The molecule has 0 aromatic heterocycles. The highest BCUT2D eigenvalue weighted by Gasteiger charge is 2.19. The molecule has 0 aromatic rings. The van der Waals surface area contributed by atoms with E-state index in [1.54, 1.807) is 0 Å². The van der Waals surface area contributed by atoms with E-state index in [0.717, 1.165) is 161 Å². The summed E-state index contributed by atoms with van der Waals surface area (Å²) in [4.78, 5) is 38.4. The fourth-order valence-electron chi connectivity index (χ4n) is 8.46. The Morgan fingerprint density at radius 3 is 0.772 bits per heavy atom. The van der Waals surface area contributed by atoms with E-state index in [1.807, 2.05) is 0 Å². The Hall–Kier alpha value is -4.71. The zero-order chi connectivity index (χ0) is 57.1. The first-order chi connectivity index (χ1) is 39.0. The SMILES string of the molecule is CC/C=C\C/C=C\C/C=C\C/C=C\C/C=C\C/C=C\CCCCCCC(=O)OCC(COC(=O)CCCCCCCC/C=C\C/C=C\C/C=C\CCCCC)OC(=O)CCCCCCCC/C=C\C/C=C\C/C=C\CCCCC. The zero-order valence-corrected chi connectivity index (χ0v) is 51.1. The van der Waals surface area contributed by atoms with Gasteiger partial charge in [0.15, 0.2) is 6.10 Å². The standard InChI is InChI=1S/C73H118O6/c1-4-7-10-13-16-19-22-25-28-31-34-35-36-37-40-42-45-48-51-54-57-60-63-66-72(75)78-69-70(79-73(76)67-64-61-58-55-52-49-46-43-39-33-30-27-24-21-18-15-12-9-6-3)68-77-71(74)65-62-59-56-53-50-47-44-41-38-32-29-26-23-20-17-14-11-8-5-2/h7,10,16-21,25-30,34-35,37-41,43,45,48,70H,4-6,8-9,11-15,22-24,31-33,36,42,44,46-47,49-69H2,1-3H3/b10-7-,19-16-,20-17-,21-18-,28-25-,29-26-,30-27-,35-34-,40-37-,41-38-,43-39-,48-45-. The fourth-order valence-corrected chi connectivity index (χ4v) is 8.46. The lowest BCUT2D eigenvalue weighted by Crippen LogP contribution is -2.30. The summed E-state index contributed by atoms with van der Waals surface area (Å²) in [6.45, 7) is 6.43. The molecule has 0 saturated heterocycles. The van der Waals surface area contributed by atoms with Crippen molar-refractivity contribution < 1.29 is 28.6 Å². The molecule has 0 aliphatic rings. The van der Waals surface area contributed by atoms with Crippen molar-refractivity contribution in [2.75, 3.05) is 13.2 Å². The molecule has 0 aliphatic carbocycles. The molecule has 79 heavy (non-hydrogen) atoms. The maximum atomic E-state index is 12.9. The van der Waals surface area contributed by atoms with Crippen molar-refractivity contribution in [1.82, 2.24) is 0 Å². The van der Waals surface area contributed by atoms with E-state index in [4.69, 9.17) is 14.2 Å². The van der Waals surface area contributed by atoms with Crippen LogP contribution in [0.15, 0.2) is 146 Å². The number of unbranched alkanes of at least 4 members (excludes halogenated alkanes) is 22. The van der Waals surface area contributed by atoms with Gasteiger partial charge in [-0.1, -0.05) is 256 Å². The molecule has 1 unspecified atom stereocenters. The van der Waals surface area contributed by atoms with Crippen molar-refractivity contribution in [1.29, 1.82) is 0 Å². The van der Waals surface area contributed by atoms with Gasteiger partial charge in [0.2, 0.25) is 0 Å². The van der Waals surface area contributed by atoms with Crippen molar-refractivity contribution in [3.05, 3.63) is 146 Å². The number of hydrogen-bond acceptors (Lipinski definition) is 6. The second-order valence-electron chi connectivity index (χ2n) is 20.9. The molecule has 0 bridgehead atoms. The number of allylic oxidation sites excluding steroid dienone is 24. The van der Waals surface area contributed by atoms with Crippen molar-refractivity contribution in [2.45, 2.75) is 284 Å². The number of hydrogen-bond donors (Lipinski definition) is 0. The number of ether oxygens (including phenoxy) is 3. The third-order valence-electron chi connectivity index (χ3n) is 13.3. The molecule has 446 valence electrons. The maximum Gasteiger partial charge on any atom is 0.306 e. The van der Waals surface area contributed by atoms with Crippen molar-refractivity contribution in [3.8, 4) is 0 Å². The minimum absolute atomic E-state index is 0.104. The van der Waals surface area contributed by atoms with Gasteiger partial charge in [0.1, 0.15) is 13.2 Å². The highest BCUT2D eigenvalue weighted by molar-refractivity contribution is 5.71. The van der Waals surface area contributed by atoms with E-state index in [0.29, 0.717) is 19.3 Å². The number of rotatable bonds is 57. The average molecular weight is 1090 g/mol. The highest BCUT2D eigenvalue weighted by atomic mass is 16.6. The molecule has 0 saturated carbocycles. The molecule has 0 amide bonds. The molecule has 6 nitrogen and oxygen atoms in total. The molecule has 0 radical (unpaired) electrons. The van der Waals surface area contributed by atoms with Gasteiger partial charge >= 0.3 is 17.9 Å². The smallest absolute Gasteiger partial charge is 0.306 e. The van der Waals surface area contributed by atoms with Gasteiger partial charge in [-0.3, -0.25) is 14.4 Å². The summed E-state index contributed by atoms with van der Waals surface area (Å²) < 4.78 is 16.9. The van der Waals surface area contributed by atoms with E-state index in [2.05, 4.69) is 167 Å². The second-order valence-corrected chi connectivity index (χ2v) is 20.9. The Bertz CT molecular complexity index is 1730. The Morgan fingerprint density at radius 1 is 0.266 bits per heavy atom. The van der Waals surface area contributed by atoms with E-state index in [9.17, 15) is 14.4 Å².